The first-order valence-corrected chi connectivity index (χ1v) is 10.5. The van der Waals surface area contributed by atoms with Gasteiger partial charge in [0.15, 0.2) is 0 Å². The molecule has 31 heavy (non-hydrogen) atoms. The van der Waals surface area contributed by atoms with E-state index in [-0.39, 0.29) is 11.4 Å². The van der Waals surface area contributed by atoms with Gasteiger partial charge in [0.1, 0.15) is 5.82 Å². The van der Waals surface area contributed by atoms with Crippen LogP contribution in [0.1, 0.15) is 52.3 Å². The van der Waals surface area contributed by atoms with Crippen LogP contribution in [0, 0.1) is 0 Å². The molecule has 164 valence electrons. The summed E-state index contributed by atoms with van der Waals surface area (Å²) in [5, 5.41) is 10.6. The number of carbonyl (C=O) groups is 1. The number of hydrogen-bond acceptors (Lipinski definition) is 2. The van der Waals surface area contributed by atoms with Gasteiger partial charge in [-0.3, -0.25) is 5.32 Å². The Kier molecular flexibility index (Phi) is 8.20. The lowest BCUT2D eigenvalue weighted by Gasteiger charge is -2.14. The quantitative estimate of drug-likeness (QED) is 0.382. The van der Waals surface area contributed by atoms with Crippen molar-refractivity contribution in [2.45, 2.75) is 52.9 Å². The number of urea groups is 1. The molecule has 0 fully saturated rings. The molecule has 2 N–H and O–H groups in total. The van der Waals surface area contributed by atoms with Crippen molar-refractivity contribution in [1.82, 2.24) is 15.1 Å². The Bertz CT molecular complexity index is 985. The van der Waals surface area contributed by atoms with Gasteiger partial charge in [0.25, 0.3) is 0 Å². The molecule has 5 heteroatoms. The summed E-state index contributed by atoms with van der Waals surface area (Å²) in [5.74, 6) is 0.612. The maximum atomic E-state index is 12.7. The van der Waals surface area contributed by atoms with Gasteiger partial charge >= 0.3 is 6.03 Å². The van der Waals surface area contributed by atoms with Gasteiger partial charge in [0, 0.05) is 17.2 Å². The van der Waals surface area contributed by atoms with Crippen molar-refractivity contribution in [3.63, 3.8) is 0 Å². The molecule has 0 aliphatic carbocycles. The summed E-state index contributed by atoms with van der Waals surface area (Å²) in [6.45, 7) is 17.7. The number of amides is 2. The number of allylic oxidation sites excluding steroid dienone is 5. The van der Waals surface area contributed by atoms with Crippen LogP contribution in [0.3, 0.4) is 0 Å². The van der Waals surface area contributed by atoms with Gasteiger partial charge in [0.2, 0.25) is 0 Å². The van der Waals surface area contributed by atoms with Gasteiger partial charge in [-0.2, -0.15) is 5.10 Å². The van der Waals surface area contributed by atoms with E-state index in [1.54, 1.807) is 4.68 Å². The zero-order valence-corrected chi connectivity index (χ0v) is 19.3. The molecule has 0 atom stereocenters. The Balaban J connectivity index is 2.30. The molecule has 0 aliphatic heterocycles. The van der Waals surface area contributed by atoms with E-state index in [0.717, 1.165) is 29.8 Å². The Morgan fingerprint density at radius 3 is 2.42 bits per heavy atom. The van der Waals surface area contributed by atoms with Crippen LogP contribution in [0.15, 0.2) is 79.1 Å². The highest BCUT2D eigenvalue weighted by molar-refractivity contribution is 5.90. The van der Waals surface area contributed by atoms with Gasteiger partial charge in [0.05, 0.1) is 11.4 Å². The third kappa shape index (κ3) is 7.14. The number of carbonyl (C=O) groups excluding carboxylic acids is 1. The largest absolute Gasteiger partial charge is 0.324 e. The van der Waals surface area contributed by atoms with Crippen molar-refractivity contribution in [3.05, 3.63) is 90.3 Å². The number of hydrogen-bond donors (Lipinski definition) is 2. The normalized spacial score (nSPS) is 12.1. The number of aryl methyl sites for hydroxylation is 1. The second-order valence-electron chi connectivity index (χ2n) is 8.57. The molecule has 0 bridgehead atoms. The summed E-state index contributed by atoms with van der Waals surface area (Å²) in [5.41, 5.74) is 4.47. The van der Waals surface area contributed by atoms with Crippen LogP contribution in [-0.2, 0) is 11.8 Å². The first kappa shape index (κ1) is 23.9. The highest BCUT2D eigenvalue weighted by atomic mass is 16.2. The van der Waals surface area contributed by atoms with Crippen LogP contribution in [0.25, 0.3) is 5.69 Å². The Labute approximate surface area is 186 Å². The van der Waals surface area contributed by atoms with Gasteiger partial charge in [-0.15, -0.1) is 6.58 Å². The van der Waals surface area contributed by atoms with E-state index in [4.69, 9.17) is 5.10 Å². The molecule has 1 aromatic carbocycles. The molecule has 2 amide bonds. The third-order valence-corrected chi connectivity index (χ3v) is 4.65. The van der Waals surface area contributed by atoms with E-state index in [1.165, 1.54) is 5.56 Å². The Hall–Kier alpha value is -3.34. The van der Waals surface area contributed by atoms with Crippen LogP contribution in [0.4, 0.5) is 10.6 Å². The van der Waals surface area contributed by atoms with Crippen molar-refractivity contribution in [2.24, 2.45) is 0 Å². The zero-order valence-electron chi connectivity index (χ0n) is 19.3. The van der Waals surface area contributed by atoms with Gasteiger partial charge < -0.3 is 5.32 Å². The maximum Gasteiger partial charge on any atom is 0.324 e. The molecule has 0 aliphatic rings. The molecular weight excluding hydrogens is 384 g/mol. The van der Waals surface area contributed by atoms with Crippen molar-refractivity contribution in [3.8, 4) is 5.69 Å². The molecule has 2 rings (SSSR count). The van der Waals surface area contributed by atoms with Crippen molar-refractivity contribution in [1.29, 1.82) is 0 Å². The predicted molar refractivity (Wildman–Crippen MR) is 131 cm³/mol. The van der Waals surface area contributed by atoms with Gasteiger partial charge in [-0.05, 0) is 50.5 Å². The van der Waals surface area contributed by atoms with Crippen molar-refractivity contribution >= 4 is 11.8 Å². The second-order valence-corrected chi connectivity index (χ2v) is 8.57. The summed E-state index contributed by atoms with van der Waals surface area (Å²) in [4.78, 5) is 12.7. The van der Waals surface area contributed by atoms with Gasteiger partial charge in [-0.1, -0.05) is 63.3 Å². The summed E-state index contributed by atoms with van der Waals surface area (Å²) < 4.78 is 1.77. The molecule has 2 aromatic rings. The minimum atomic E-state index is -0.330. The van der Waals surface area contributed by atoms with E-state index in [9.17, 15) is 4.79 Å². The molecule has 0 radical (unpaired) electrons. The van der Waals surface area contributed by atoms with Crippen LogP contribution >= 0.6 is 0 Å². The fraction of sp³-hybridized carbons (Fsp3) is 0.308. The summed E-state index contributed by atoms with van der Waals surface area (Å²) in [6, 6.07) is 9.80. The van der Waals surface area contributed by atoms with Crippen molar-refractivity contribution in [2.75, 3.05) is 5.32 Å². The average Bonchev–Trinajstić information content (AvgIpc) is 3.14. The number of nitrogens with zero attached hydrogens (tertiary/aromatic N) is 2. The molecule has 0 unspecified atom stereocenters. The fourth-order valence-corrected chi connectivity index (χ4v) is 2.83. The molecular formula is C26H34N4O. The standard InChI is InChI=1S/C26H34N4O/c1-8-10-11-20-13-16-22(17-14-20)30-24(18-23(29-30)26(5,6)7)28-25(31)27-21(9-2)15-12-19(3)4/h8-9,12-18H,1,3,10-11H2,2,4-7H3,(H2,27,28,31)/b15-12-,21-9+. The average molecular weight is 419 g/mol. The summed E-state index contributed by atoms with van der Waals surface area (Å²) in [7, 11) is 0. The number of aromatic nitrogens is 2. The number of rotatable bonds is 8. The van der Waals surface area contributed by atoms with E-state index in [1.807, 2.05) is 56.4 Å². The molecule has 0 saturated carbocycles. The molecule has 5 nitrogen and oxygen atoms in total. The van der Waals surface area contributed by atoms with Crippen LogP contribution in [0.5, 0.6) is 0 Å². The van der Waals surface area contributed by atoms with Gasteiger partial charge in [-0.25, -0.2) is 9.48 Å². The minimum Gasteiger partial charge on any atom is -0.308 e. The second kappa shape index (κ2) is 10.6. The van der Waals surface area contributed by atoms with E-state index < -0.39 is 0 Å². The third-order valence-electron chi connectivity index (χ3n) is 4.65. The maximum absolute atomic E-state index is 12.7. The van der Waals surface area contributed by atoms with Crippen LogP contribution in [0.2, 0.25) is 0 Å². The lowest BCUT2D eigenvalue weighted by Crippen LogP contribution is -2.28. The topological polar surface area (TPSA) is 59.0 Å². The molecule has 1 heterocycles. The zero-order chi connectivity index (χ0) is 23.0. The van der Waals surface area contributed by atoms with Crippen LogP contribution < -0.4 is 10.6 Å². The number of nitrogens with one attached hydrogen (secondary N) is 2. The first-order valence-electron chi connectivity index (χ1n) is 10.5. The Morgan fingerprint density at radius 2 is 1.87 bits per heavy atom. The predicted octanol–water partition coefficient (Wildman–Crippen LogP) is 6.45. The number of anilines is 1. The highest BCUT2D eigenvalue weighted by Crippen LogP contribution is 2.26. The fourth-order valence-electron chi connectivity index (χ4n) is 2.83. The minimum absolute atomic E-state index is 0.152. The highest BCUT2D eigenvalue weighted by Gasteiger charge is 2.21. The summed E-state index contributed by atoms with van der Waals surface area (Å²) in [6.07, 6.45) is 9.32. The Morgan fingerprint density at radius 1 is 1.19 bits per heavy atom. The monoisotopic (exact) mass is 418 g/mol. The number of benzene rings is 1. The van der Waals surface area contributed by atoms with E-state index >= 15 is 0 Å². The first-order chi connectivity index (χ1) is 14.6. The van der Waals surface area contributed by atoms with Crippen LogP contribution in [-0.4, -0.2) is 15.8 Å². The smallest absolute Gasteiger partial charge is 0.308 e. The van der Waals surface area contributed by atoms with E-state index in [0.29, 0.717) is 11.5 Å². The SMILES string of the molecule is C=CCCc1ccc(-n2nc(C(C)(C)C)cc2NC(=O)NC(/C=C\C(=C)C)=C/C)cc1. The lowest BCUT2D eigenvalue weighted by molar-refractivity contribution is 0.254. The lowest BCUT2D eigenvalue weighted by atomic mass is 9.92. The molecule has 0 saturated heterocycles. The molecule has 0 spiro atoms. The summed E-state index contributed by atoms with van der Waals surface area (Å²) >= 11 is 0. The van der Waals surface area contributed by atoms with E-state index in [2.05, 4.69) is 56.7 Å². The van der Waals surface area contributed by atoms with Crippen molar-refractivity contribution < 1.29 is 4.79 Å². The molecule has 1 aromatic heterocycles.